The smallest absolute Gasteiger partial charge is 0.186 e. The third kappa shape index (κ3) is 2.95. The summed E-state index contributed by atoms with van der Waals surface area (Å²) in [5.41, 5.74) is 7.01. The van der Waals surface area contributed by atoms with E-state index in [1.807, 2.05) is 13.8 Å². The van der Waals surface area contributed by atoms with Crippen LogP contribution >= 0.6 is 11.3 Å². The monoisotopic (exact) mass is 241 g/mol. The Balaban J connectivity index is 2.97. The molecule has 16 heavy (non-hydrogen) atoms. The maximum absolute atomic E-state index is 5.93. The van der Waals surface area contributed by atoms with Crippen molar-refractivity contribution in [3.8, 4) is 0 Å². The van der Waals surface area contributed by atoms with E-state index in [-0.39, 0.29) is 6.04 Å². The molecule has 0 saturated carbocycles. The molecular formula is C12H23N3S. The van der Waals surface area contributed by atoms with Crippen molar-refractivity contribution in [2.75, 3.05) is 11.4 Å². The summed E-state index contributed by atoms with van der Waals surface area (Å²) >= 11 is 1.73. The number of rotatable bonds is 5. The number of thiazole rings is 1. The Kier molecular flexibility index (Phi) is 4.74. The summed E-state index contributed by atoms with van der Waals surface area (Å²) in [6.45, 7) is 11.7. The zero-order chi connectivity index (χ0) is 12.3. The van der Waals surface area contributed by atoms with Crippen molar-refractivity contribution < 1.29 is 0 Å². The molecule has 3 nitrogen and oxygen atoms in total. The molecule has 1 rings (SSSR count). The molecule has 2 N–H and O–H groups in total. The van der Waals surface area contributed by atoms with Gasteiger partial charge in [-0.15, -0.1) is 11.3 Å². The molecule has 0 fully saturated rings. The van der Waals surface area contributed by atoms with E-state index in [1.165, 1.54) is 4.88 Å². The molecule has 1 heterocycles. The minimum atomic E-state index is 0.0851. The first kappa shape index (κ1) is 13.5. The van der Waals surface area contributed by atoms with Gasteiger partial charge in [0.2, 0.25) is 0 Å². The number of aryl methyl sites for hydroxylation is 1. The maximum atomic E-state index is 5.93. The van der Waals surface area contributed by atoms with Crippen LogP contribution in [0, 0.1) is 6.92 Å². The molecule has 1 aromatic heterocycles. The minimum absolute atomic E-state index is 0.0851. The number of hydrogen-bond donors (Lipinski definition) is 1. The highest BCUT2D eigenvalue weighted by atomic mass is 32.1. The third-order valence-electron chi connectivity index (χ3n) is 2.57. The second-order valence-corrected chi connectivity index (χ2v) is 5.53. The second kappa shape index (κ2) is 5.64. The summed E-state index contributed by atoms with van der Waals surface area (Å²) in [5, 5.41) is 1.11. The second-order valence-electron chi connectivity index (χ2n) is 4.52. The van der Waals surface area contributed by atoms with Crippen LogP contribution in [0.15, 0.2) is 0 Å². The number of hydrogen-bond acceptors (Lipinski definition) is 4. The van der Waals surface area contributed by atoms with Crippen molar-refractivity contribution in [2.24, 2.45) is 5.73 Å². The molecule has 1 unspecified atom stereocenters. The number of anilines is 1. The summed E-state index contributed by atoms with van der Waals surface area (Å²) in [5.74, 6) is 0. The molecule has 4 heteroatoms. The quantitative estimate of drug-likeness (QED) is 0.861. The molecular weight excluding hydrogens is 218 g/mol. The molecule has 0 aliphatic heterocycles. The molecule has 1 aromatic rings. The van der Waals surface area contributed by atoms with Crippen molar-refractivity contribution in [3.63, 3.8) is 0 Å². The normalized spacial score (nSPS) is 13.2. The Morgan fingerprint density at radius 1 is 1.38 bits per heavy atom. The van der Waals surface area contributed by atoms with E-state index in [9.17, 15) is 0 Å². The largest absolute Gasteiger partial charge is 0.346 e. The van der Waals surface area contributed by atoms with Crippen molar-refractivity contribution >= 4 is 16.5 Å². The molecule has 0 saturated heterocycles. The lowest BCUT2D eigenvalue weighted by Gasteiger charge is -2.25. The topological polar surface area (TPSA) is 42.2 Å². The summed E-state index contributed by atoms with van der Waals surface area (Å²) in [4.78, 5) is 8.19. The van der Waals surface area contributed by atoms with Gasteiger partial charge in [0.05, 0.1) is 5.69 Å². The summed E-state index contributed by atoms with van der Waals surface area (Å²) in [6.07, 6.45) is 1.14. The molecule has 0 bridgehead atoms. The zero-order valence-electron chi connectivity index (χ0n) is 10.9. The van der Waals surface area contributed by atoms with Gasteiger partial charge in [-0.2, -0.15) is 0 Å². The lowest BCUT2D eigenvalue weighted by molar-refractivity contribution is 0.668. The van der Waals surface area contributed by atoms with Crippen LogP contribution in [0.25, 0.3) is 0 Å². The van der Waals surface area contributed by atoms with Crippen molar-refractivity contribution in [2.45, 2.75) is 53.1 Å². The van der Waals surface area contributed by atoms with E-state index in [1.54, 1.807) is 11.3 Å². The van der Waals surface area contributed by atoms with Gasteiger partial charge in [-0.1, -0.05) is 6.92 Å². The van der Waals surface area contributed by atoms with Crippen molar-refractivity contribution in [1.29, 1.82) is 0 Å². The molecule has 0 aliphatic carbocycles. The first-order valence-corrected chi connectivity index (χ1v) is 6.78. The SMILES string of the molecule is CCCN(c1nc(C)c(C(C)N)s1)C(C)C. The highest BCUT2D eigenvalue weighted by molar-refractivity contribution is 7.15. The number of aromatic nitrogens is 1. The van der Waals surface area contributed by atoms with Gasteiger partial charge in [-0.05, 0) is 34.1 Å². The standard InChI is InChI=1S/C12H23N3S/c1-6-7-15(8(2)3)12-14-10(5)11(16-12)9(4)13/h8-9H,6-7,13H2,1-5H3. The predicted octanol–water partition coefficient (Wildman–Crippen LogP) is 3.10. The minimum Gasteiger partial charge on any atom is -0.346 e. The molecule has 0 amide bonds. The van der Waals surface area contributed by atoms with Crippen LogP contribution < -0.4 is 10.6 Å². The summed E-state index contributed by atoms with van der Waals surface area (Å²) < 4.78 is 0. The van der Waals surface area contributed by atoms with E-state index in [4.69, 9.17) is 5.73 Å². The molecule has 0 aromatic carbocycles. The van der Waals surface area contributed by atoms with E-state index in [0.29, 0.717) is 6.04 Å². The molecule has 1 atom stereocenters. The third-order valence-corrected chi connectivity index (χ3v) is 3.96. The Bertz CT molecular complexity index is 331. The Morgan fingerprint density at radius 2 is 2.00 bits per heavy atom. The first-order chi connectivity index (χ1) is 7.47. The zero-order valence-corrected chi connectivity index (χ0v) is 11.8. The lowest BCUT2D eigenvalue weighted by Crippen LogP contribution is -2.31. The molecule has 0 radical (unpaired) electrons. The van der Waals surface area contributed by atoms with Crippen LogP contribution in [0.3, 0.4) is 0 Å². The first-order valence-electron chi connectivity index (χ1n) is 5.96. The summed E-state index contributed by atoms with van der Waals surface area (Å²) in [6, 6.07) is 0.577. The van der Waals surface area contributed by atoms with Crippen LogP contribution in [0.1, 0.15) is 50.7 Å². The van der Waals surface area contributed by atoms with E-state index < -0.39 is 0 Å². The van der Waals surface area contributed by atoms with Gasteiger partial charge in [0.25, 0.3) is 0 Å². The predicted molar refractivity (Wildman–Crippen MR) is 72.2 cm³/mol. The van der Waals surface area contributed by atoms with Crippen molar-refractivity contribution in [1.82, 2.24) is 4.98 Å². The molecule has 0 spiro atoms. The van der Waals surface area contributed by atoms with Gasteiger partial charge < -0.3 is 10.6 Å². The summed E-state index contributed by atoms with van der Waals surface area (Å²) in [7, 11) is 0. The average molecular weight is 241 g/mol. The van der Waals surface area contributed by atoms with Crippen LogP contribution in [0.5, 0.6) is 0 Å². The van der Waals surface area contributed by atoms with Crippen LogP contribution in [0.4, 0.5) is 5.13 Å². The fraction of sp³-hybridized carbons (Fsp3) is 0.750. The molecule has 0 aliphatic rings. The Morgan fingerprint density at radius 3 is 2.38 bits per heavy atom. The highest BCUT2D eigenvalue weighted by Crippen LogP contribution is 2.30. The van der Waals surface area contributed by atoms with E-state index in [0.717, 1.165) is 23.8 Å². The van der Waals surface area contributed by atoms with Crippen LogP contribution in [-0.4, -0.2) is 17.6 Å². The average Bonchev–Trinajstić information content (AvgIpc) is 2.56. The van der Waals surface area contributed by atoms with Gasteiger partial charge >= 0.3 is 0 Å². The van der Waals surface area contributed by atoms with E-state index in [2.05, 4.69) is 30.7 Å². The van der Waals surface area contributed by atoms with Crippen molar-refractivity contribution in [3.05, 3.63) is 10.6 Å². The fourth-order valence-corrected chi connectivity index (χ4v) is 2.93. The van der Waals surface area contributed by atoms with Gasteiger partial charge in [0.15, 0.2) is 5.13 Å². The van der Waals surface area contributed by atoms with Gasteiger partial charge in [0.1, 0.15) is 0 Å². The number of nitrogens with two attached hydrogens (primary N) is 1. The number of nitrogens with zero attached hydrogens (tertiary/aromatic N) is 2. The van der Waals surface area contributed by atoms with Gasteiger partial charge in [-0.25, -0.2) is 4.98 Å². The fourth-order valence-electron chi connectivity index (χ4n) is 1.75. The Labute approximate surface area is 103 Å². The lowest BCUT2D eigenvalue weighted by atomic mass is 10.2. The van der Waals surface area contributed by atoms with E-state index >= 15 is 0 Å². The Hall–Kier alpha value is -0.610. The maximum Gasteiger partial charge on any atom is 0.186 e. The van der Waals surface area contributed by atoms with Crippen LogP contribution in [0.2, 0.25) is 0 Å². The van der Waals surface area contributed by atoms with Crippen LogP contribution in [-0.2, 0) is 0 Å². The van der Waals surface area contributed by atoms with Gasteiger partial charge in [0, 0.05) is 23.5 Å². The highest BCUT2D eigenvalue weighted by Gasteiger charge is 2.17. The molecule has 92 valence electrons. The van der Waals surface area contributed by atoms with Gasteiger partial charge in [-0.3, -0.25) is 0 Å².